The van der Waals surface area contributed by atoms with Crippen molar-refractivity contribution in [2.75, 3.05) is 6.54 Å². The number of carbonyl (C=O) groups is 2. The third-order valence-electron chi connectivity index (χ3n) is 5.28. The Morgan fingerprint density at radius 2 is 1.78 bits per heavy atom. The summed E-state index contributed by atoms with van der Waals surface area (Å²) in [6, 6.07) is 0.138. The number of nitrogens with zero attached hydrogens (tertiary/aromatic N) is 1. The van der Waals surface area contributed by atoms with Crippen LogP contribution in [-0.2, 0) is 9.59 Å². The summed E-state index contributed by atoms with van der Waals surface area (Å²) in [6.45, 7) is 4.70. The largest absolute Gasteiger partial charge is 0.311 e. The van der Waals surface area contributed by atoms with Crippen molar-refractivity contribution in [1.29, 1.82) is 0 Å². The van der Waals surface area contributed by atoms with E-state index in [0.29, 0.717) is 0 Å². The predicted molar refractivity (Wildman–Crippen MR) is 67.8 cm³/mol. The molecule has 0 aromatic heterocycles. The van der Waals surface area contributed by atoms with Crippen LogP contribution in [0.5, 0.6) is 0 Å². The van der Waals surface area contributed by atoms with E-state index in [0.717, 1.165) is 19.4 Å². The van der Waals surface area contributed by atoms with Crippen LogP contribution in [0.1, 0.15) is 46.0 Å². The van der Waals surface area contributed by atoms with E-state index in [1.165, 1.54) is 19.3 Å². The SMILES string of the molecule is CC1C(=O)N(C2CCNC3(CCC3)C2)C(=O)C1C. The van der Waals surface area contributed by atoms with Crippen molar-refractivity contribution in [3.8, 4) is 0 Å². The first-order valence-corrected chi connectivity index (χ1v) is 7.16. The Kier molecular flexibility index (Phi) is 2.73. The number of hydrogen-bond donors (Lipinski definition) is 1. The third-order valence-corrected chi connectivity index (χ3v) is 5.28. The van der Waals surface area contributed by atoms with Gasteiger partial charge in [0.1, 0.15) is 0 Å². The van der Waals surface area contributed by atoms with Gasteiger partial charge in [0, 0.05) is 23.4 Å². The highest BCUT2D eigenvalue weighted by Gasteiger charge is 2.49. The second-order valence-corrected chi connectivity index (χ2v) is 6.33. The van der Waals surface area contributed by atoms with Crippen molar-refractivity contribution in [1.82, 2.24) is 10.2 Å². The molecule has 2 saturated heterocycles. The van der Waals surface area contributed by atoms with Crippen LogP contribution in [0.25, 0.3) is 0 Å². The van der Waals surface area contributed by atoms with E-state index in [-0.39, 0.29) is 35.2 Å². The molecule has 1 aliphatic carbocycles. The van der Waals surface area contributed by atoms with Crippen LogP contribution in [0.4, 0.5) is 0 Å². The van der Waals surface area contributed by atoms with Crippen molar-refractivity contribution < 1.29 is 9.59 Å². The van der Waals surface area contributed by atoms with Crippen molar-refractivity contribution in [2.24, 2.45) is 11.8 Å². The molecule has 1 N–H and O–H groups in total. The highest BCUT2D eigenvalue weighted by molar-refractivity contribution is 6.05. The van der Waals surface area contributed by atoms with E-state index in [1.807, 2.05) is 13.8 Å². The molecule has 18 heavy (non-hydrogen) atoms. The summed E-state index contributed by atoms with van der Waals surface area (Å²) in [4.78, 5) is 26.0. The summed E-state index contributed by atoms with van der Waals surface area (Å²) in [6.07, 6.45) is 5.55. The molecule has 2 heterocycles. The fraction of sp³-hybridized carbons (Fsp3) is 0.857. The fourth-order valence-electron chi connectivity index (χ4n) is 3.67. The number of carbonyl (C=O) groups excluding carboxylic acids is 2. The molecule has 0 radical (unpaired) electrons. The van der Waals surface area contributed by atoms with Crippen molar-refractivity contribution in [3.63, 3.8) is 0 Å². The summed E-state index contributed by atoms with van der Waals surface area (Å²) in [5.41, 5.74) is 0.235. The molecule has 100 valence electrons. The summed E-state index contributed by atoms with van der Waals surface area (Å²) in [5.74, 6) is -0.169. The summed E-state index contributed by atoms with van der Waals surface area (Å²) >= 11 is 0. The number of amides is 2. The lowest BCUT2D eigenvalue weighted by atomic mass is 9.70. The number of hydrogen-bond acceptors (Lipinski definition) is 3. The zero-order valence-corrected chi connectivity index (χ0v) is 11.2. The van der Waals surface area contributed by atoms with Crippen LogP contribution < -0.4 is 5.32 Å². The summed E-state index contributed by atoms with van der Waals surface area (Å²) in [7, 11) is 0. The van der Waals surface area contributed by atoms with Crippen molar-refractivity contribution in [2.45, 2.75) is 57.5 Å². The zero-order valence-electron chi connectivity index (χ0n) is 11.2. The van der Waals surface area contributed by atoms with E-state index >= 15 is 0 Å². The molecular weight excluding hydrogens is 228 g/mol. The minimum absolute atomic E-state index is 0.0499. The molecule has 1 saturated carbocycles. The molecule has 0 aromatic carbocycles. The van der Waals surface area contributed by atoms with Gasteiger partial charge in [0.2, 0.25) is 11.8 Å². The lowest BCUT2D eigenvalue weighted by Crippen LogP contribution is -2.60. The van der Waals surface area contributed by atoms with E-state index < -0.39 is 0 Å². The molecule has 2 aliphatic heterocycles. The maximum atomic E-state index is 12.2. The average Bonchev–Trinajstić information content (AvgIpc) is 2.52. The Hall–Kier alpha value is -0.900. The van der Waals surface area contributed by atoms with Gasteiger partial charge in [-0.05, 0) is 38.6 Å². The monoisotopic (exact) mass is 250 g/mol. The predicted octanol–water partition coefficient (Wildman–Crippen LogP) is 1.30. The Morgan fingerprint density at radius 3 is 2.28 bits per heavy atom. The smallest absolute Gasteiger partial charge is 0.233 e. The van der Waals surface area contributed by atoms with E-state index in [1.54, 1.807) is 4.90 Å². The maximum absolute atomic E-state index is 12.2. The molecule has 3 aliphatic rings. The van der Waals surface area contributed by atoms with Gasteiger partial charge in [0.05, 0.1) is 0 Å². The first-order valence-electron chi connectivity index (χ1n) is 7.16. The van der Waals surface area contributed by atoms with E-state index in [4.69, 9.17) is 0 Å². The molecule has 1 spiro atoms. The number of imide groups is 1. The lowest BCUT2D eigenvalue weighted by Gasteiger charge is -2.49. The topological polar surface area (TPSA) is 49.4 Å². The molecule has 0 aromatic rings. The van der Waals surface area contributed by atoms with Gasteiger partial charge in [-0.2, -0.15) is 0 Å². The van der Waals surface area contributed by atoms with Crippen molar-refractivity contribution >= 4 is 11.8 Å². The van der Waals surface area contributed by atoms with Gasteiger partial charge in [-0.3, -0.25) is 14.5 Å². The lowest BCUT2D eigenvalue weighted by molar-refractivity contribution is -0.144. The minimum Gasteiger partial charge on any atom is -0.311 e. The normalized spacial score (nSPS) is 39.2. The number of likely N-dealkylation sites (tertiary alicyclic amines) is 1. The first kappa shape index (κ1) is 12.2. The van der Waals surface area contributed by atoms with Crippen LogP contribution in [0.15, 0.2) is 0 Å². The van der Waals surface area contributed by atoms with Crippen LogP contribution in [0, 0.1) is 11.8 Å². The van der Waals surface area contributed by atoms with Gasteiger partial charge in [-0.15, -0.1) is 0 Å². The highest BCUT2D eigenvalue weighted by Crippen LogP contribution is 2.41. The molecule has 3 rings (SSSR count). The van der Waals surface area contributed by atoms with E-state index in [9.17, 15) is 9.59 Å². The third kappa shape index (κ3) is 1.62. The van der Waals surface area contributed by atoms with Gasteiger partial charge in [0.15, 0.2) is 0 Å². The van der Waals surface area contributed by atoms with Crippen LogP contribution in [0.3, 0.4) is 0 Å². The van der Waals surface area contributed by atoms with E-state index in [2.05, 4.69) is 5.32 Å². The summed E-state index contributed by atoms with van der Waals surface area (Å²) in [5, 5.41) is 3.59. The van der Waals surface area contributed by atoms with Gasteiger partial charge in [-0.1, -0.05) is 13.8 Å². The highest BCUT2D eigenvalue weighted by atomic mass is 16.2. The molecule has 4 heteroatoms. The second kappa shape index (κ2) is 4.05. The van der Waals surface area contributed by atoms with Gasteiger partial charge in [-0.25, -0.2) is 0 Å². The Labute approximate surface area is 108 Å². The second-order valence-electron chi connectivity index (χ2n) is 6.33. The Morgan fingerprint density at radius 1 is 1.17 bits per heavy atom. The molecular formula is C14H22N2O2. The summed E-state index contributed by atoms with van der Waals surface area (Å²) < 4.78 is 0. The number of rotatable bonds is 1. The van der Waals surface area contributed by atoms with Crippen molar-refractivity contribution in [3.05, 3.63) is 0 Å². The Bertz CT molecular complexity index is 369. The average molecular weight is 250 g/mol. The fourth-order valence-corrected chi connectivity index (χ4v) is 3.67. The molecule has 4 nitrogen and oxygen atoms in total. The zero-order chi connectivity index (χ0) is 12.9. The van der Waals surface area contributed by atoms with Gasteiger partial charge in [0.25, 0.3) is 0 Å². The molecule has 3 unspecified atom stereocenters. The van der Waals surface area contributed by atoms with Crippen LogP contribution >= 0.6 is 0 Å². The first-order chi connectivity index (χ1) is 8.54. The number of nitrogens with one attached hydrogen (secondary N) is 1. The van der Waals surface area contributed by atoms with Gasteiger partial charge < -0.3 is 5.32 Å². The van der Waals surface area contributed by atoms with Gasteiger partial charge >= 0.3 is 0 Å². The molecule has 2 amide bonds. The standard InChI is InChI=1S/C14H22N2O2/c1-9-10(2)13(18)16(12(9)17)11-4-7-15-14(8-11)5-3-6-14/h9-11,15H,3-8H2,1-2H3. The minimum atomic E-state index is -0.135. The van der Waals surface area contributed by atoms with Crippen LogP contribution in [-0.4, -0.2) is 34.8 Å². The molecule has 0 bridgehead atoms. The number of piperidine rings is 1. The maximum Gasteiger partial charge on any atom is 0.233 e. The Balaban J connectivity index is 1.78. The quantitative estimate of drug-likeness (QED) is 0.714. The van der Waals surface area contributed by atoms with Crippen LogP contribution in [0.2, 0.25) is 0 Å². The molecule has 3 atom stereocenters. The molecule has 3 fully saturated rings.